The van der Waals surface area contributed by atoms with Crippen molar-refractivity contribution < 1.29 is 23.4 Å². The Bertz CT molecular complexity index is 1170. The van der Waals surface area contributed by atoms with Crippen LogP contribution in [0.2, 0.25) is 5.02 Å². The maximum atomic E-state index is 12.4. The van der Waals surface area contributed by atoms with E-state index in [0.29, 0.717) is 59.1 Å². The number of para-hydroxylation sites is 1. The summed E-state index contributed by atoms with van der Waals surface area (Å²) < 4.78 is 22.8. The van der Waals surface area contributed by atoms with Gasteiger partial charge >= 0.3 is 5.97 Å². The molecule has 0 saturated heterocycles. The number of methoxy groups -OCH3 is 1. The van der Waals surface area contributed by atoms with Crippen LogP contribution in [0.25, 0.3) is 22.3 Å². The maximum absolute atomic E-state index is 12.4. The fraction of sp³-hybridized carbons (Fsp3) is 0.304. The summed E-state index contributed by atoms with van der Waals surface area (Å²) in [6.07, 6.45) is 1.45. The van der Waals surface area contributed by atoms with E-state index in [4.69, 9.17) is 30.2 Å². The molecule has 3 aromatic rings. The molecule has 4 rings (SSSR count). The number of hydrogen-bond acceptors (Lipinski definition) is 6. The topological polar surface area (TPSA) is 75.0 Å². The third kappa shape index (κ3) is 4.79. The predicted molar refractivity (Wildman–Crippen MR) is 121 cm³/mol. The van der Waals surface area contributed by atoms with Crippen LogP contribution in [0.15, 0.2) is 56.1 Å². The van der Waals surface area contributed by atoms with Gasteiger partial charge in [-0.05, 0) is 59.1 Å². The lowest BCUT2D eigenvalue weighted by molar-refractivity contribution is -0.155. The van der Waals surface area contributed by atoms with E-state index in [1.807, 2.05) is 12.1 Å². The molecule has 0 radical (unpaired) electrons. The first-order chi connectivity index (χ1) is 15.0. The Morgan fingerprint density at radius 1 is 1.19 bits per heavy atom. The van der Waals surface area contributed by atoms with Gasteiger partial charge in [-0.15, -0.1) is 0 Å². The van der Waals surface area contributed by atoms with Gasteiger partial charge in [-0.1, -0.05) is 17.7 Å². The molecule has 1 aromatic heterocycles. The molecule has 6 nitrogen and oxygen atoms in total. The van der Waals surface area contributed by atoms with Crippen molar-refractivity contribution in [2.24, 2.45) is 5.92 Å². The van der Waals surface area contributed by atoms with Gasteiger partial charge in [0.25, 0.3) is 0 Å². The average Bonchev–Trinajstić information content (AvgIpc) is 2.72. The minimum Gasteiger partial charge on any atom is -0.491 e. The summed E-state index contributed by atoms with van der Waals surface area (Å²) in [5.74, 6) is 0.842. The first-order valence-corrected chi connectivity index (χ1v) is 11.0. The summed E-state index contributed by atoms with van der Waals surface area (Å²) in [7, 11) is 1.40. The number of carbonyl (C=O) groups is 1. The first-order valence-electron chi connectivity index (χ1n) is 9.81. The highest BCUT2D eigenvalue weighted by atomic mass is 79.9. The second-order valence-corrected chi connectivity index (χ2v) is 8.53. The molecule has 0 N–H and O–H groups in total. The smallest absolute Gasteiger partial charge is 0.308 e. The van der Waals surface area contributed by atoms with E-state index < -0.39 is 0 Å². The number of fused-ring (bicyclic) bond motifs is 1. The molecule has 1 saturated carbocycles. The highest BCUT2D eigenvalue weighted by Gasteiger charge is 2.35. The average molecular weight is 508 g/mol. The fourth-order valence-corrected chi connectivity index (χ4v) is 4.26. The molecule has 1 fully saturated rings. The molecular weight excluding hydrogens is 488 g/mol. The lowest BCUT2D eigenvalue weighted by Gasteiger charge is -2.32. The van der Waals surface area contributed by atoms with E-state index in [2.05, 4.69) is 15.9 Å². The zero-order chi connectivity index (χ0) is 22.0. The first kappa shape index (κ1) is 21.9. The van der Waals surface area contributed by atoms with Crippen LogP contribution in [0.1, 0.15) is 12.8 Å². The number of halogens is 2. The van der Waals surface area contributed by atoms with Gasteiger partial charge in [0, 0.05) is 16.1 Å². The quantitative estimate of drug-likeness (QED) is 0.322. The van der Waals surface area contributed by atoms with Gasteiger partial charge in [0.05, 0.1) is 36.1 Å². The van der Waals surface area contributed by atoms with Crippen molar-refractivity contribution in [3.8, 4) is 17.1 Å². The zero-order valence-electron chi connectivity index (χ0n) is 16.7. The SMILES string of the molecule is COC(=O)C1CC(OCCOc2ccc(-c3cc(=O)c4cccc(Cl)c4o3)c(Br)c2)C1. The minimum absolute atomic E-state index is 0.0514. The standard InChI is InChI=1S/C23H20BrClO6/c1-28-23(27)13-9-15(10-13)30-8-7-29-14-5-6-16(18(24)11-14)21-12-20(26)17-3-2-4-19(25)22(17)31-21/h2-6,11-13,15H,7-10H2,1H3. The van der Waals surface area contributed by atoms with Gasteiger partial charge in [0.2, 0.25) is 0 Å². The summed E-state index contributed by atoms with van der Waals surface area (Å²) in [6, 6.07) is 12.0. The van der Waals surface area contributed by atoms with Crippen LogP contribution in [0.3, 0.4) is 0 Å². The van der Waals surface area contributed by atoms with E-state index in [0.717, 1.165) is 4.47 Å². The van der Waals surface area contributed by atoms with E-state index in [1.54, 1.807) is 24.3 Å². The summed E-state index contributed by atoms with van der Waals surface area (Å²) >= 11 is 9.71. The Labute approximate surface area is 192 Å². The van der Waals surface area contributed by atoms with E-state index in [1.165, 1.54) is 13.2 Å². The molecule has 1 aliphatic rings. The van der Waals surface area contributed by atoms with Crippen LogP contribution in [-0.4, -0.2) is 32.4 Å². The molecular formula is C23H20BrClO6. The van der Waals surface area contributed by atoms with Gasteiger partial charge in [-0.2, -0.15) is 0 Å². The second kappa shape index (κ2) is 9.42. The maximum Gasteiger partial charge on any atom is 0.308 e. The second-order valence-electron chi connectivity index (χ2n) is 7.27. The van der Waals surface area contributed by atoms with Crippen LogP contribution in [-0.2, 0) is 14.3 Å². The van der Waals surface area contributed by atoms with Crippen LogP contribution in [0.5, 0.6) is 5.75 Å². The van der Waals surface area contributed by atoms with E-state index >= 15 is 0 Å². The number of esters is 1. The molecule has 0 spiro atoms. The molecule has 0 atom stereocenters. The van der Waals surface area contributed by atoms with Crippen LogP contribution >= 0.6 is 27.5 Å². The molecule has 0 aliphatic heterocycles. The van der Waals surface area contributed by atoms with Gasteiger partial charge in [0.1, 0.15) is 18.1 Å². The number of hydrogen-bond donors (Lipinski definition) is 0. The van der Waals surface area contributed by atoms with Crippen molar-refractivity contribution in [2.45, 2.75) is 18.9 Å². The van der Waals surface area contributed by atoms with Gasteiger partial charge < -0.3 is 18.6 Å². The van der Waals surface area contributed by atoms with Crippen molar-refractivity contribution in [2.75, 3.05) is 20.3 Å². The normalized spacial score (nSPS) is 17.9. The van der Waals surface area contributed by atoms with Crippen LogP contribution in [0, 0.1) is 5.92 Å². The molecule has 8 heteroatoms. The lowest BCUT2D eigenvalue weighted by Crippen LogP contribution is -2.37. The Morgan fingerprint density at radius 2 is 2.00 bits per heavy atom. The number of benzene rings is 2. The number of ether oxygens (including phenoxy) is 3. The fourth-order valence-electron chi connectivity index (χ4n) is 3.50. The third-order valence-corrected chi connectivity index (χ3v) is 6.20. The Balaban J connectivity index is 1.37. The summed E-state index contributed by atoms with van der Waals surface area (Å²) in [5, 5.41) is 0.827. The summed E-state index contributed by atoms with van der Waals surface area (Å²) in [6.45, 7) is 0.807. The van der Waals surface area contributed by atoms with Gasteiger partial charge in [0.15, 0.2) is 11.0 Å². The van der Waals surface area contributed by atoms with Crippen molar-refractivity contribution in [1.29, 1.82) is 0 Å². The van der Waals surface area contributed by atoms with Crippen molar-refractivity contribution in [3.63, 3.8) is 0 Å². The third-order valence-electron chi connectivity index (χ3n) is 5.25. The van der Waals surface area contributed by atoms with E-state index in [-0.39, 0.29) is 23.4 Å². The largest absolute Gasteiger partial charge is 0.491 e. The zero-order valence-corrected chi connectivity index (χ0v) is 19.1. The molecule has 0 unspecified atom stereocenters. The highest BCUT2D eigenvalue weighted by Crippen LogP contribution is 2.34. The lowest BCUT2D eigenvalue weighted by atomic mass is 9.82. The Morgan fingerprint density at radius 3 is 2.74 bits per heavy atom. The van der Waals surface area contributed by atoms with Crippen LogP contribution in [0.4, 0.5) is 0 Å². The summed E-state index contributed by atoms with van der Waals surface area (Å²) in [4.78, 5) is 23.8. The number of carbonyl (C=O) groups excluding carboxylic acids is 1. The molecule has 0 amide bonds. The van der Waals surface area contributed by atoms with Gasteiger partial charge in [-0.3, -0.25) is 9.59 Å². The highest BCUT2D eigenvalue weighted by molar-refractivity contribution is 9.10. The van der Waals surface area contributed by atoms with Gasteiger partial charge in [-0.25, -0.2) is 0 Å². The minimum atomic E-state index is -0.175. The monoisotopic (exact) mass is 506 g/mol. The van der Waals surface area contributed by atoms with Crippen molar-refractivity contribution in [3.05, 3.63) is 62.2 Å². The predicted octanol–water partition coefficient (Wildman–Crippen LogP) is 5.22. The Hall–Kier alpha value is -2.35. The molecule has 1 aliphatic carbocycles. The molecule has 0 bridgehead atoms. The summed E-state index contributed by atoms with van der Waals surface area (Å²) in [5.41, 5.74) is 0.917. The molecule has 1 heterocycles. The Kier molecular flexibility index (Phi) is 6.65. The molecule has 162 valence electrons. The number of rotatable bonds is 7. The molecule has 2 aromatic carbocycles. The molecule has 31 heavy (non-hydrogen) atoms. The van der Waals surface area contributed by atoms with E-state index in [9.17, 15) is 9.59 Å². The van der Waals surface area contributed by atoms with Crippen LogP contribution < -0.4 is 10.2 Å². The van der Waals surface area contributed by atoms with Crippen molar-refractivity contribution in [1.82, 2.24) is 0 Å². The van der Waals surface area contributed by atoms with Crippen molar-refractivity contribution >= 4 is 44.5 Å².